The Morgan fingerprint density at radius 1 is 1.40 bits per heavy atom. The predicted molar refractivity (Wildman–Crippen MR) is 82.3 cm³/mol. The number of nitrogens with two attached hydrogens (primary N) is 1. The number of nitrogens with one attached hydrogen (secondary N) is 1. The van der Waals surface area contributed by atoms with Gasteiger partial charge in [-0.3, -0.25) is 4.79 Å². The number of ketones is 1. The zero-order chi connectivity index (χ0) is 14.9. The lowest BCUT2D eigenvalue weighted by Gasteiger charge is -2.13. The maximum atomic E-state index is 11.9. The molecule has 1 aromatic heterocycles. The fourth-order valence-electron chi connectivity index (χ4n) is 2.52. The zero-order valence-corrected chi connectivity index (χ0v) is 13.4. The van der Waals surface area contributed by atoms with Gasteiger partial charge in [-0.1, -0.05) is 19.8 Å². The van der Waals surface area contributed by atoms with Crippen LogP contribution in [0.4, 0.5) is 10.7 Å². The third-order valence-electron chi connectivity index (χ3n) is 3.54. The van der Waals surface area contributed by atoms with E-state index in [2.05, 4.69) is 5.32 Å². The van der Waals surface area contributed by atoms with Crippen LogP contribution in [-0.4, -0.2) is 26.5 Å². The summed E-state index contributed by atoms with van der Waals surface area (Å²) in [6.07, 6.45) is 5.79. The molecule has 1 aliphatic carbocycles. The minimum atomic E-state index is -3.46. The van der Waals surface area contributed by atoms with Crippen LogP contribution >= 0.6 is 11.3 Å². The average molecular weight is 316 g/mol. The van der Waals surface area contributed by atoms with Crippen molar-refractivity contribution in [2.45, 2.75) is 50.0 Å². The SMILES string of the molecule is CCC(=O)c1sc(NC2CCCC2)c(S(C)(=O)=O)c1N. The van der Waals surface area contributed by atoms with E-state index >= 15 is 0 Å². The molecule has 20 heavy (non-hydrogen) atoms. The lowest BCUT2D eigenvalue weighted by molar-refractivity contribution is 0.0992. The Kier molecular flexibility index (Phi) is 4.39. The Morgan fingerprint density at radius 3 is 2.50 bits per heavy atom. The van der Waals surface area contributed by atoms with Crippen molar-refractivity contribution in [1.82, 2.24) is 0 Å². The molecule has 0 atom stereocenters. The Hall–Kier alpha value is -1.08. The minimum absolute atomic E-state index is 0.0891. The molecule has 1 aromatic rings. The van der Waals surface area contributed by atoms with Crippen LogP contribution in [0.25, 0.3) is 0 Å². The van der Waals surface area contributed by atoms with Crippen LogP contribution < -0.4 is 11.1 Å². The fourth-order valence-corrected chi connectivity index (χ4v) is 5.16. The van der Waals surface area contributed by atoms with Gasteiger partial charge in [0.15, 0.2) is 15.6 Å². The lowest BCUT2D eigenvalue weighted by Crippen LogP contribution is -2.15. The molecule has 112 valence electrons. The summed E-state index contributed by atoms with van der Waals surface area (Å²) in [7, 11) is -3.46. The third-order valence-corrected chi connectivity index (χ3v) is 6.01. The first kappa shape index (κ1) is 15.3. The molecular formula is C13H20N2O3S2. The molecule has 0 saturated heterocycles. The van der Waals surface area contributed by atoms with Crippen molar-refractivity contribution in [1.29, 1.82) is 0 Å². The van der Waals surface area contributed by atoms with Crippen molar-refractivity contribution >= 4 is 37.6 Å². The number of carbonyl (C=O) groups excluding carboxylic acids is 1. The van der Waals surface area contributed by atoms with E-state index < -0.39 is 9.84 Å². The highest BCUT2D eigenvalue weighted by atomic mass is 32.2. The van der Waals surface area contributed by atoms with Crippen molar-refractivity contribution in [3.8, 4) is 0 Å². The molecule has 3 N–H and O–H groups in total. The standard InChI is InChI=1S/C13H20N2O3S2/c1-3-9(16)11-10(14)12(20(2,17)18)13(19-11)15-8-6-4-5-7-8/h8,15H,3-7,14H2,1-2H3. The van der Waals surface area contributed by atoms with Gasteiger partial charge in [-0.2, -0.15) is 0 Å². The van der Waals surface area contributed by atoms with Gasteiger partial charge in [0.25, 0.3) is 0 Å². The summed E-state index contributed by atoms with van der Waals surface area (Å²) in [4.78, 5) is 12.3. The molecule has 2 rings (SSSR count). The summed E-state index contributed by atoms with van der Waals surface area (Å²) in [6.45, 7) is 1.74. The molecule has 1 heterocycles. The van der Waals surface area contributed by atoms with Gasteiger partial charge in [0.2, 0.25) is 0 Å². The second kappa shape index (κ2) is 5.73. The molecule has 1 aliphatic rings. The van der Waals surface area contributed by atoms with Gasteiger partial charge in [0, 0.05) is 18.7 Å². The fraction of sp³-hybridized carbons (Fsp3) is 0.615. The van der Waals surface area contributed by atoms with Crippen LogP contribution in [-0.2, 0) is 9.84 Å². The molecule has 0 unspecified atom stereocenters. The lowest BCUT2D eigenvalue weighted by atomic mass is 10.2. The summed E-state index contributed by atoms with van der Waals surface area (Å²) < 4.78 is 23.9. The van der Waals surface area contributed by atoms with Gasteiger partial charge >= 0.3 is 0 Å². The number of hydrogen-bond donors (Lipinski definition) is 2. The summed E-state index contributed by atoms with van der Waals surface area (Å²) in [5.41, 5.74) is 6.01. The number of nitrogen functional groups attached to an aromatic ring is 1. The van der Waals surface area contributed by atoms with Gasteiger partial charge in [-0.15, -0.1) is 11.3 Å². The van der Waals surface area contributed by atoms with Crippen LogP contribution in [0.1, 0.15) is 48.7 Å². The number of carbonyl (C=O) groups is 1. The van der Waals surface area contributed by atoms with Gasteiger partial charge < -0.3 is 11.1 Å². The molecule has 5 nitrogen and oxygen atoms in total. The molecule has 0 radical (unpaired) electrons. The summed E-state index contributed by atoms with van der Waals surface area (Å²) in [5.74, 6) is -0.114. The summed E-state index contributed by atoms with van der Waals surface area (Å²) >= 11 is 1.17. The molecule has 0 spiro atoms. The zero-order valence-electron chi connectivity index (χ0n) is 11.7. The largest absolute Gasteiger partial charge is 0.396 e. The monoisotopic (exact) mass is 316 g/mol. The maximum Gasteiger partial charge on any atom is 0.180 e. The molecule has 0 aliphatic heterocycles. The first-order valence-corrected chi connectivity index (χ1v) is 9.47. The Bertz CT molecular complexity index is 614. The van der Waals surface area contributed by atoms with E-state index in [1.54, 1.807) is 6.92 Å². The van der Waals surface area contributed by atoms with E-state index in [9.17, 15) is 13.2 Å². The second-order valence-corrected chi connectivity index (χ2v) is 8.15. The Morgan fingerprint density at radius 2 is 2.00 bits per heavy atom. The summed E-state index contributed by atoms with van der Waals surface area (Å²) in [5, 5.41) is 3.79. The first-order valence-electron chi connectivity index (χ1n) is 6.76. The molecule has 1 saturated carbocycles. The first-order chi connectivity index (χ1) is 9.34. The van der Waals surface area contributed by atoms with Crippen molar-refractivity contribution < 1.29 is 13.2 Å². The average Bonchev–Trinajstić information content (AvgIpc) is 2.96. The minimum Gasteiger partial charge on any atom is -0.396 e. The molecule has 7 heteroatoms. The van der Waals surface area contributed by atoms with E-state index in [0.717, 1.165) is 31.9 Å². The molecule has 0 bridgehead atoms. The van der Waals surface area contributed by atoms with Crippen molar-refractivity contribution in [3.63, 3.8) is 0 Å². The smallest absolute Gasteiger partial charge is 0.180 e. The number of Topliss-reactive ketones (excluding diaryl/α,β-unsaturated/α-hetero) is 1. The highest BCUT2D eigenvalue weighted by Crippen LogP contribution is 2.41. The maximum absolute atomic E-state index is 11.9. The van der Waals surface area contributed by atoms with Crippen molar-refractivity contribution in [3.05, 3.63) is 4.88 Å². The second-order valence-electron chi connectivity index (χ2n) is 5.18. The van der Waals surface area contributed by atoms with Gasteiger partial charge in [-0.25, -0.2) is 8.42 Å². The third kappa shape index (κ3) is 2.98. The van der Waals surface area contributed by atoms with Crippen LogP contribution in [0.3, 0.4) is 0 Å². The Labute approximate surface area is 123 Å². The summed E-state index contributed by atoms with van der Waals surface area (Å²) in [6, 6.07) is 0.276. The number of hydrogen-bond acceptors (Lipinski definition) is 6. The molecular weight excluding hydrogens is 296 g/mol. The van der Waals surface area contributed by atoms with Gasteiger partial charge in [0.1, 0.15) is 9.90 Å². The number of sulfone groups is 1. The van der Waals surface area contributed by atoms with Gasteiger partial charge in [0.05, 0.1) is 10.6 Å². The van der Waals surface area contributed by atoms with E-state index in [4.69, 9.17) is 5.73 Å². The normalized spacial score (nSPS) is 16.5. The molecule has 0 amide bonds. The number of anilines is 2. The van der Waals surface area contributed by atoms with Crippen LogP contribution in [0, 0.1) is 0 Å². The quantitative estimate of drug-likeness (QED) is 0.815. The van der Waals surface area contributed by atoms with Crippen LogP contribution in [0.5, 0.6) is 0 Å². The molecule has 1 fully saturated rings. The van der Waals surface area contributed by atoms with E-state index in [1.165, 1.54) is 11.3 Å². The number of rotatable bonds is 5. The van der Waals surface area contributed by atoms with Gasteiger partial charge in [-0.05, 0) is 12.8 Å². The van der Waals surface area contributed by atoms with E-state index in [0.29, 0.717) is 16.3 Å². The van der Waals surface area contributed by atoms with E-state index in [-0.39, 0.29) is 22.4 Å². The highest BCUT2D eigenvalue weighted by Gasteiger charge is 2.28. The number of thiophene rings is 1. The van der Waals surface area contributed by atoms with Crippen molar-refractivity contribution in [2.75, 3.05) is 17.3 Å². The Balaban J connectivity index is 2.45. The van der Waals surface area contributed by atoms with Crippen LogP contribution in [0.15, 0.2) is 4.90 Å². The van der Waals surface area contributed by atoms with E-state index in [1.807, 2.05) is 0 Å². The van der Waals surface area contributed by atoms with Crippen molar-refractivity contribution in [2.24, 2.45) is 0 Å². The predicted octanol–water partition coefficient (Wildman–Crippen LogP) is 2.68. The van der Waals surface area contributed by atoms with Crippen LogP contribution in [0.2, 0.25) is 0 Å². The topological polar surface area (TPSA) is 89.3 Å². The highest BCUT2D eigenvalue weighted by molar-refractivity contribution is 7.91. The molecule has 0 aromatic carbocycles.